The molecule has 6 heteroatoms. The number of halogens is 1. The average molecular weight is 412 g/mol. The minimum absolute atomic E-state index is 0.0577. The highest BCUT2D eigenvalue weighted by atomic mass is 35.5. The zero-order valence-electron chi connectivity index (χ0n) is 16.6. The van der Waals surface area contributed by atoms with Gasteiger partial charge in [0.1, 0.15) is 11.6 Å². The molecule has 1 aromatic heterocycles. The van der Waals surface area contributed by atoms with E-state index in [0.29, 0.717) is 23.9 Å². The number of fused-ring (bicyclic) bond motifs is 1. The molecule has 0 saturated heterocycles. The van der Waals surface area contributed by atoms with Crippen LogP contribution in [-0.2, 0) is 17.8 Å². The Balaban J connectivity index is 1.59. The molecule has 29 heavy (non-hydrogen) atoms. The highest BCUT2D eigenvalue weighted by Crippen LogP contribution is 2.23. The summed E-state index contributed by atoms with van der Waals surface area (Å²) in [5.74, 6) is 1.68. The van der Waals surface area contributed by atoms with Crippen molar-refractivity contribution in [2.45, 2.75) is 32.7 Å². The number of hydrogen-bond donors (Lipinski definition) is 1. The van der Waals surface area contributed by atoms with E-state index in [1.807, 2.05) is 49.4 Å². The van der Waals surface area contributed by atoms with E-state index >= 15 is 0 Å². The van der Waals surface area contributed by atoms with Crippen LogP contribution >= 0.6 is 11.6 Å². The molecule has 3 rings (SSSR count). The number of benzene rings is 2. The van der Waals surface area contributed by atoms with Gasteiger partial charge in [-0.15, -0.1) is 0 Å². The summed E-state index contributed by atoms with van der Waals surface area (Å²) in [6, 6.07) is 15.7. The molecule has 0 radical (unpaired) electrons. The third-order valence-electron chi connectivity index (χ3n) is 4.55. The fourth-order valence-corrected chi connectivity index (χ4v) is 3.39. The second-order valence-corrected chi connectivity index (χ2v) is 7.10. The van der Waals surface area contributed by atoms with E-state index < -0.39 is 0 Å². The summed E-state index contributed by atoms with van der Waals surface area (Å²) >= 11 is 6.14. The van der Waals surface area contributed by atoms with Gasteiger partial charge in [-0.25, -0.2) is 4.98 Å². The van der Waals surface area contributed by atoms with E-state index in [1.54, 1.807) is 6.08 Å². The number of aryl methyl sites for hydroxylation is 2. The molecule has 5 nitrogen and oxygen atoms in total. The molecule has 1 N–H and O–H groups in total. The van der Waals surface area contributed by atoms with Gasteiger partial charge in [-0.1, -0.05) is 41.9 Å². The Bertz CT molecular complexity index is 981. The summed E-state index contributed by atoms with van der Waals surface area (Å²) in [4.78, 5) is 16.3. The molecule has 0 aliphatic rings. The maximum atomic E-state index is 11.5. The molecule has 0 aliphatic carbocycles. The first-order valence-corrected chi connectivity index (χ1v) is 10.3. The maximum absolute atomic E-state index is 11.5. The molecule has 0 saturated carbocycles. The molecule has 1 heterocycles. The Morgan fingerprint density at radius 3 is 2.79 bits per heavy atom. The van der Waals surface area contributed by atoms with Crippen LogP contribution in [0.25, 0.3) is 11.0 Å². The van der Waals surface area contributed by atoms with Crippen LogP contribution in [0.5, 0.6) is 5.75 Å². The van der Waals surface area contributed by atoms with Crippen molar-refractivity contribution in [2.24, 2.45) is 0 Å². The Morgan fingerprint density at radius 1 is 1.17 bits per heavy atom. The van der Waals surface area contributed by atoms with Crippen molar-refractivity contribution in [1.82, 2.24) is 14.9 Å². The standard InChI is InChI=1S/C23H26ClN3O2/c1-2-9-23(28)25-15-7-14-22-26-19-11-4-5-12-20(19)27(22)16-8-17-29-21-13-6-3-10-18(21)24/h2-6,9-13H,7-8,14-17H2,1H3,(H,25,28)/b9-2-. The number of hydrogen-bond acceptors (Lipinski definition) is 3. The number of nitrogens with one attached hydrogen (secondary N) is 1. The van der Waals surface area contributed by atoms with Crippen LogP contribution in [0.4, 0.5) is 0 Å². The molecule has 1 amide bonds. The van der Waals surface area contributed by atoms with Crippen LogP contribution in [0.2, 0.25) is 5.02 Å². The van der Waals surface area contributed by atoms with E-state index in [4.69, 9.17) is 21.3 Å². The van der Waals surface area contributed by atoms with Crippen molar-refractivity contribution in [3.63, 3.8) is 0 Å². The first-order chi connectivity index (χ1) is 14.2. The van der Waals surface area contributed by atoms with Crippen LogP contribution in [-0.4, -0.2) is 28.6 Å². The highest BCUT2D eigenvalue weighted by molar-refractivity contribution is 6.32. The number of imidazole rings is 1. The first kappa shape index (κ1) is 20.9. The van der Waals surface area contributed by atoms with E-state index in [2.05, 4.69) is 16.0 Å². The van der Waals surface area contributed by atoms with Crippen LogP contribution in [0.3, 0.4) is 0 Å². The predicted molar refractivity (Wildman–Crippen MR) is 117 cm³/mol. The maximum Gasteiger partial charge on any atom is 0.243 e. The third kappa shape index (κ3) is 5.84. The molecule has 2 aromatic carbocycles. The lowest BCUT2D eigenvalue weighted by Crippen LogP contribution is -2.22. The summed E-state index contributed by atoms with van der Waals surface area (Å²) < 4.78 is 8.06. The van der Waals surface area contributed by atoms with E-state index in [-0.39, 0.29) is 5.91 Å². The lowest BCUT2D eigenvalue weighted by atomic mass is 10.2. The predicted octanol–water partition coefficient (Wildman–Crippen LogP) is 4.78. The Hall–Kier alpha value is -2.79. The SMILES string of the molecule is C/C=C\C(=O)NCCCc1nc2ccccc2n1CCCOc1ccccc1Cl. The lowest BCUT2D eigenvalue weighted by molar-refractivity contribution is -0.116. The largest absolute Gasteiger partial charge is 0.492 e. The van der Waals surface area contributed by atoms with E-state index in [1.165, 1.54) is 6.08 Å². The van der Waals surface area contributed by atoms with E-state index in [9.17, 15) is 4.79 Å². The average Bonchev–Trinajstić information content (AvgIpc) is 3.07. The van der Waals surface area contributed by atoms with Crippen molar-refractivity contribution in [3.05, 3.63) is 71.5 Å². The fourth-order valence-electron chi connectivity index (χ4n) is 3.20. The second-order valence-electron chi connectivity index (χ2n) is 6.70. The van der Waals surface area contributed by atoms with Gasteiger partial charge >= 0.3 is 0 Å². The Morgan fingerprint density at radius 2 is 1.97 bits per heavy atom. The summed E-state index contributed by atoms with van der Waals surface area (Å²) in [5.41, 5.74) is 2.12. The number of nitrogens with zero attached hydrogens (tertiary/aromatic N) is 2. The van der Waals surface area contributed by atoms with Crippen molar-refractivity contribution >= 4 is 28.5 Å². The number of para-hydroxylation sites is 3. The zero-order chi connectivity index (χ0) is 20.5. The minimum Gasteiger partial charge on any atom is -0.492 e. The number of allylic oxidation sites excluding steroid dienone is 1. The molecule has 0 bridgehead atoms. The van der Waals surface area contributed by atoms with Crippen LogP contribution in [0.15, 0.2) is 60.7 Å². The summed E-state index contributed by atoms with van der Waals surface area (Å²) in [6.07, 6.45) is 5.75. The monoisotopic (exact) mass is 411 g/mol. The highest BCUT2D eigenvalue weighted by Gasteiger charge is 2.10. The topological polar surface area (TPSA) is 56.2 Å². The molecule has 152 valence electrons. The molecule has 0 fully saturated rings. The van der Waals surface area contributed by atoms with Crippen LogP contribution in [0.1, 0.15) is 25.6 Å². The van der Waals surface area contributed by atoms with Gasteiger partial charge in [-0.3, -0.25) is 4.79 Å². The molecule has 0 aliphatic heterocycles. The summed E-state index contributed by atoms with van der Waals surface area (Å²) in [5, 5.41) is 3.51. The number of amides is 1. The second kappa shape index (κ2) is 10.7. The van der Waals surface area contributed by atoms with Crippen LogP contribution in [0, 0.1) is 0 Å². The van der Waals surface area contributed by atoms with Crippen molar-refractivity contribution in [1.29, 1.82) is 0 Å². The van der Waals surface area contributed by atoms with Crippen molar-refractivity contribution in [3.8, 4) is 5.75 Å². The number of ether oxygens (including phenoxy) is 1. The summed E-state index contributed by atoms with van der Waals surface area (Å²) in [6.45, 7) is 3.85. The molecular formula is C23H26ClN3O2. The molecule has 0 atom stereocenters. The van der Waals surface area contributed by atoms with Crippen molar-refractivity contribution in [2.75, 3.05) is 13.2 Å². The van der Waals surface area contributed by atoms with Crippen LogP contribution < -0.4 is 10.1 Å². The normalized spacial score (nSPS) is 11.2. The number of carbonyl (C=O) groups excluding carboxylic acids is 1. The van der Waals surface area contributed by atoms with Gasteiger partial charge in [0.05, 0.1) is 22.7 Å². The molecule has 0 unspecified atom stereocenters. The Kier molecular flexibility index (Phi) is 7.70. The van der Waals surface area contributed by atoms with Gasteiger partial charge in [0.2, 0.25) is 5.91 Å². The van der Waals surface area contributed by atoms with Gasteiger partial charge in [0.15, 0.2) is 0 Å². The number of aromatic nitrogens is 2. The molecular weight excluding hydrogens is 386 g/mol. The number of carbonyl (C=O) groups is 1. The van der Waals surface area contributed by atoms with Gasteiger partial charge in [-0.05, 0) is 50.1 Å². The van der Waals surface area contributed by atoms with Gasteiger partial charge < -0.3 is 14.6 Å². The van der Waals surface area contributed by atoms with Gasteiger partial charge in [-0.2, -0.15) is 0 Å². The third-order valence-corrected chi connectivity index (χ3v) is 4.86. The van der Waals surface area contributed by atoms with E-state index in [0.717, 1.165) is 42.7 Å². The van der Waals surface area contributed by atoms with Gasteiger partial charge in [0, 0.05) is 19.5 Å². The van der Waals surface area contributed by atoms with Gasteiger partial charge in [0.25, 0.3) is 0 Å². The Labute approximate surface area is 176 Å². The molecule has 0 spiro atoms. The number of rotatable bonds is 10. The fraction of sp³-hybridized carbons (Fsp3) is 0.304. The smallest absolute Gasteiger partial charge is 0.243 e. The molecule has 3 aromatic rings. The zero-order valence-corrected chi connectivity index (χ0v) is 17.4. The van der Waals surface area contributed by atoms with Crippen molar-refractivity contribution < 1.29 is 9.53 Å². The quantitative estimate of drug-likeness (QED) is 0.385. The first-order valence-electron chi connectivity index (χ1n) is 9.91. The lowest BCUT2D eigenvalue weighted by Gasteiger charge is -2.11. The summed E-state index contributed by atoms with van der Waals surface area (Å²) in [7, 11) is 0. The minimum atomic E-state index is -0.0577.